The molecule has 0 atom stereocenters. The molecule has 2 N–H and O–H groups in total. The number of hydrogen-bond donors (Lipinski definition) is 2. The highest BCUT2D eigenvalue weighted by molar-refractivity contribution is 7.94. The van der Waals surface area contributed by atoms with Gasteiger partial charge in [-0.1, -0.05) is 184 Å². The molecular formula is C58H59F7O12S3. The average Bonchev–Trinajstić information content (AvgIpc) is 3.45. The predicted octanol–water partition coefficient (Wildman–Crippen LogP) is 12.2. The van der Waals surface area contributed by atoms with Gasteiger partial charge in [-0.2, -0.15) is 30.7 Å². The summed E-state index contributed by atoms with van der Waals surface area (Å²) in [7, 11) is -15.7. The normalized spacial score (nSPS) is 15.2. The second-order valence-electron chi connectivity index (χ2n) is 19.3. The number of carbonyl (C=O) groups excluding carboxylic acids is 2. The lowest BCUT2D eigenvalue weighted by molar-refractivity contribution is -0.156. The Hall–Kier alpha value is -6.78. The van der Waals surface area contributed by atoms with Crippen LogP contribution in [0.5, 0.6) is 11.5 Å². The Balaban J connectivity index is 0.000000207. The monoisotopic (exact) mass is 1180 g/mol. The van der Waals surface area contributed by atoms with Crippen LogP contribution in [0.4, 0.5) is 30.7 Å². The molecule has 2 fully saturated rings. The molecule has 0 heterocycles. The van der Waals surface area contributed by atoms with Crippen molar-refractivity contribution in [2.75, 3.05) is 19.5 Å². The molecule has 22 heteroatoms. The van der Waals surface area contributed by atoms with E-state index in [1.165, 1.54) is 121 Å². The van der Waals surface area contributed by atoms with Crippen LogP contribution in [-0.2, 0) is 58.1 Å². The standard InChI is InChI=1S/C28H28F2O5S.C20H15F3O3S.C10H16F2O4S/c29-27(30,20-35-26(32)21-10-4-1-5-11-21)36(33,34)28(22-12-6-2-7-13-22,23-14-8-3-9-15-23)24-16-18-25(31)19-17-24;21-20(22,23)27(25,26)19(15-7-3-1-4-8-15,16-9-5-2-6-10-16)17-11-13-18(24)14-12-17;1-17(14,15)10(11,12)7-16-9(13)8-5-3-2-4-6-8/h2-3,6-9,12-19,21,31H,1,4-5,10-11,20H2;1-14,24H;8H,2-7H2,1H3. The van der Waals surface area contributed by atoms with Crippen molar-refractivity contribution in [3.8, 4) is 11.5 Å². The van der Waals surface area contributed by atoms with E-state index in [0.717, 1.165) is 38.5 Å². The maximum absolute atomic E-state index is 15.8. The van der Waals surface area contributed by atoms with Crippen molar-refractivity contribution in [3.63, 3.8) is 0 Å². The minimum Gasteiger partial charge on any atom is -0.508 e. The molecule has 0 saturated heterocycles. The van der Waals surface area contributed by atoms with E-state index in [0.29, 0.717) is 31.9 Å². The van der Waals surface area contributed by atoms with Crippen molar-refractivity contribution in [3.05, 3.63) is 203 Å². The maximum Gasteiger partial charge on any atom is 0.498 e. The fraction of sp³-hybridized carbons (Fsp3) is 0.345. The van der Waals surface area contributed by atoms with Crippen LogP contribution in [0.1, 0.15) is 97.6 Å². The SMILES string of the molecule is CS(=O)(=O)C(F)(F)COC(=O)C1CCCCC1.O=C(OCC(F)(F)S(=O)(=O)C(c1ccccc1)(c1ccccc1)c1ccc(O)cc1)C1CCCCC1.O=S(=O)(C(F)(F)F)C(c1ccccc1)(c1ccccc1)c1ccc(O)cc1. The summed E-state index contributed by atoms with van der Waals surface area (Å²) >= 11 is 0. The molecule has 2 aliphatic carbocycles. The third-order valence-corrected chi connectivity index (χ3v) is 19.7. The number of aromatic hydroxyl groups is 2. The van der Waals surface area contributed by atoms with E-state index in [1.807, 2.05) is 0 Å². The molecule has 2 saturated carbocycles. The third kappa shape index (κ3) is 13.3. The fourth-order valence-electron chi connectivity index (χ4n) is 9.82. The first kappa shape index (κ1) is 62.4. The Morgan fingerprint density at radius 1 is 0.412 bits per heavy atom. The number of phenolic OH excluding ortho intramolecular Hbond substituents is 2. The number of alkyl halides is 7. The van der Waals surface area contributed by atoms with Crippen LogP contribution in [0.15, 0.2) is 170 Å². The molecule has 430 valence electrons. The van der Waals surface area contributed by atoms with Crippen LogP contribution in [0.3, 0.4) is 0 Å². The first-order chi connectivity index (χ1) is 37.6. The summed E-state index contributed by atoms with van der Waals surface area (Å²) in [6.07, 6.45) is 8.13. The van der Waals surface area contributed by atoms with Crippen LogP contribution in [0, 0.1) is 11.8 Å². The van der Waals surface area contributed by atoms with E-state index in [4.69, 9.17) is 4.74 Å². The van der Waals surface area contributed by atoms with Crippen molar-refractivity contribution in [2.24, 2.45) is 11.8 Å². The first-order valence-electron chi connectivity index (χ1n) is 25.3. The van der Waals surface area contributed by atoms with Crippen LogP contribution in [0.25, 0.3) is 0 Å². The molecule has 0 unspecified atom stereocenters. The smallest absolute Gasteiger partial charge is 0.498 e. The number of hydrogen-bond acceptors (Lipinski definition) is 12. The molecule has 6 aromatic carbocycles. The molecule has 0 radical (unpaired) electrons. The van der Waals surface area contributed by atoms with Gasteiger partial charge in [-0.3, -0.25) is 9.59 Å². The zero-order valence-corrected chi connectivity index (χ0v) is 45.6. The zero-order chi connectivity index (χ0) is 58.6. The molecule has 6 aromatic rings. The number of rotatable bonds is 16. The average molecular weight is 1180 g/mol. The summed E-state index contributed by atoms with van der Waals surface area (Å²) in [5.41, 5.74) is -5.49. The van der Waals surface area contributed by atoms with E-state index in [-0.39, 0.29) is 50.8 Å². The van der Waals surface area contributed by atoms with Gasteiger partial charge in [0, 0.05) is 6.26 Å². The predicted molar refractivity (Wildman–Crippen MR) is 285 cm³/mol. The molecule has 0 amide bonds. The highest BCUT2D eigenvalue weighted by Crippen LogP contribution is 2.52. The van der Waals surface area contributed by atoms with Gasteiger partial charge >= 0.3 is 28.0 Å². The molecule has 0 aromatic heterocycles. The molecule has 0 aliphatic heterocycles. The van der Waals surface area contributed by atoms with Crippen molar-refractivity contribution >= 4 is 41.5 Å². The molecule has 8 rings (SSSR count). The van der Waals surface area contributed by atoms with Crippen LogP contribution >= 0.6 is 0 Å². The Morgan fingerprint density at radius 2 is 0.675 bits per heavy atom. The van der Waals surface area contributed by atoms with Crippen LogP contribution in [0.2, 0.25) is 0 Å². The van der Waals surface area contributed by atoms with E-state index in [9.17, 15) is 67.0 Å². The first-order valence-corrected chi connectivity index (χ1v) is 30.2. The Labute approximate surface area is 460 Å². The number of carbonyl (C=O) groups is 2. The number of ether oxygens (including phenoxy) is 2. The molecule has 0 bridgehead atoms. The lowest BCUT2D eigenvalue weighted by atomic mass is 9.84. The van der Waals surface area contributed by atoms with E-state index in [1.54, 1.807) is 48.5 Å². The summed E-state index contributed by atoms with van der Waals surface area (Å²) in [4.78, 5) is 23.9. The van der Waals surface area contributed by atoms with Gasteiger partial charge in [0.15, 0.2) is 22.7 Å². The highest BCUT2D eigenvalue weighted by Gasteiger charge is 2.63. The van der Waals surface area contributed by atoms with Crippen molar-refractivity contribution in [1.82, 2.24) is 0 Å². The molecule has 0 spiro atoms. The maximum atomic E-state index is 15.8. The Kier molecular flexibility index (Phi) is 20.1. The summed E-state index contributed by atoms with van der Waals surface area (Å²) < 4.78 is 179. The fourth-order valence-corrected chi connectivity index (χ4v) is 13.8. The molecule has 80 heavy (non-hydrogen) atoms. The van der Waals surface area contributed by atoms with Gasteiger partial charge < -0.3 is 19.7 Å². The lowest BCUT2D eigenvalue weighted by Crippen LogP contribution is -2.50. The second-order valence-corrected chi connectivity index (χ2v) is 25.7. The Bertz CT molecular complexity index is 3240. The summed E-state index contributed by atoms with van der Waals surface area (Å²) in [5.74, 6) is -2.69. The topological polar surface area (TPSA) is 195 Å². The van der Waals surface area contributed by atoms with Crippen molar-refractivity contribution in [2.45, 2.75) is 89.7 Å². The quantitative estimate of drug-likeness (QED) is 0.0529. The minimum absolute atomic E-state index is 0.0241. The Morgan fingerprint density at radius 3 is 0.950 bits per heavy atom. The number of phenols is 2. The number of esters is 2. The molecular weight excluding hydrogens is 1120 g/mol. The summed E-state index contributed by atoms with van der Waals surface area (Å²) in [5, 5.41) is 11.0. The number of sulfone groups is 3. The van der Waals surface area contributed by atoms with Gasteiger partial charge in [0.05, 0.1) is 11.8 Å². The van der Waals surface area contributed by atoms with Gasteiger partial charge in [-0.05, 0) is 83.3 Å². The van der Waals surface area contributed by atoms with E-state index < -0.39 is 86.1 Å². The number of benzene rings is 6. The van der Waals surface area contributed by atoms with Gasteiger partial charge in [0.1, 0.15) is 11.5 Å². The van der Waals surface area contributed by atoms with E-state index >= 15 is 8.78 Å². The van der Waals surface area contributed by atoms with Gasteiger partial charge in [0.25, 0.3) is 9.84 Å². The van der Waals surface area contributed by atoms with Gasteiger partial charge in [-0.25, -0.2) is 25.3 Å². The van der Waals surface area contributed by atoms with Crippen molar-refractivity contribution in [1.29, 1.82) is 0 Å². The van der Waals surface area contributed by atoms with Gasteiger partial charge in [0.2, 0.25) is 19.7 Å². The van der Waals surface area contributed by atoms with Crippen LogP contribution in [-0.4, -0.2) is 82.9 Å². The largest absolute Gasteiger partial charge is 0.508 e. The third-order valence-electron chi connectivity index (χ3n) is 14.0. The van der Waals surface area contributed by atoms with Crippen LogP contribution < -0.4 is 0 Å². The lowest BCUT2D eigenvalue weighted by Gasteiger charge is -2.37. The zero-order valence-electron chi connectivity index (χ0n) is 43.2. The summed E-state index contributed by atoms with van der Waals surface area (Å²) in [6.45, 7) is -2.97. The highest BCUT2D eigenvalue weighted by atomic mass is 32.2. The van der Waals surface area contributed by atoms with E-state index in [2.05, 4.69) is 4.74 Å². The molecule has 12 nitrogen and oxygen atoms in total. The number of halogens is 7. The van der Waals surface area contributed by atoms with Crippen molar-refractivity contribution < 1.29 is 85.3 Å². The second kappa shape index (κ2) is 25.8. The molecule has 2 aliphatic rings. The van der Waals surface area contributed by atoms with Gasteiger partial charge in [-0.15, -0.1) is 0 Å². The summed E-state index contributed by atoms with van der Waals surface area (Å²) in [6, 6.07) is 39.9. The minimum atomic E-state index is -5.75.